The van der Waals surface area contributed by atoms with Crippen LogP contribution in [0.15, 0.2) is 12.2 Å². The molecule has 0 fully saturated rings. The molecule has 1 N–H and O–H groups in total. The Kier molecular flexibility index (Phi) is 4.83. The Morgan fingerprint density at radius 2 is 1.64 bits per heavy atom. The smallest absolute Gasteiger partial charge is 0.310 e. The monoisotopic (exact) mass is 199 g/mol. The van der Waals surface area contributed by atoms with Gasteiger partial charge in [0.2, 0.25) is 0 Å². The van der Waals surface area contributed by atoms with E-state index >= 15 is 0 Å². The fourth-order valence-electron chi connectivity index (χ4n) is 0.645. The van der Waals surface area contributed by atoms with E-state index in [1.54, 1.807) is 0 Å². The molecule has 0 spiro atoms. The van der Waals surface area contributed by atoms with Crippen LogP contribution in [0.2, 0.25) is 0 Å². The minimum atomic E-state index is -1.55. The molecule has 0 amide bonds. The molecule has 0 radical (unpaired) electrons. The Balaban J connectivity index is 4.01. The lowest BCUT2D eigenvalue weighted by Gasteiger charge is -1.93. The zero-order chi connectivity index (χ0) is 11.1. The van der Waals surface area contributed by atoms with E-state index in [2.05, 4.69) is 0 Å². The highest BCUT2D eigenvalue weighted by Gasteiger charge is 2.10. The minimum Gasteiger partial charge on any atom is -0.545 e. The zero-order valence-corrected chi connectivity index (χ0v) is 7.06. The summed E-state index contributed by atoms with van der Waals surface area (Å²) in [6, 6.07) is 0. The van der Waals surface area contributed by atoms with E-state index in [1.807, 2.05) is 0 Å². The average molecular weight is 199 g/mol. The summed E-state index contributed by atoms with van der Waals surface area (Å²) in [7, 11) is 0. The van der Waals surface area contributed by atoms with Gasteiger partial charge < -0.3 is 15.0 Å². The number of carbonyl (C=O) groups is 4. The summed E-state index contributed by atoms with van der Waals surface area (Å²) in [6.07, 6.45) is -0.216. The second kappa shape index (κ2) is 5.63. The van der Waals surface area contributed by atoms with Crippen molar-refractivity contribution < 1.29 is 29.4 Å². The fraction of sp³-hybridized carbons (Fsp3) is 0.250. The van der Waals surface area contributed by atoms with Gasteiger partial charge in [-0.25, -0.2) is 0 Å². The first-order valence-corrected chi connectivity index (χ1v) is 3.57. The van der Waals surface area contributed by atoms with Crippen molar-refractivity contribution in [2.45, 2.75) is 12.8 Å². The number of carbonyl (C=O) groups excluding carboxylic acids is 3. The molecule has 6 nitrogen and oxygen atoms in total. The Hall–Kier alpha value is -1.98. The molecular weight excluding hydrogens is 192 g/mol. The number of aliphatic carboxylic acids is 2. The summed E-state index contributed by atoms with van der Waals surface area (Å²) in [5.41, 5.74) is 0. The number of Topliss-reactive ketones (excluding diaryl/α,β-unsaturated/α-hetero) is 1. The highest BCUT2D eigenvalue weighted by molar-refractivity contribution is 6.09. The number of ketones is 2. The third-order valence-electron chi connectivity index (χ3n) is 1.13. The third-order valence-corrected chi connectivity index (χ3v) is 1.13. The van der Waals surface area contributed by atoms with Gasteiger partial charge in [-0.05, 0) is 12.2 Å². The lowest BCUT2D eigenvalue weighted by Crippen LogP contribution is -2.19. The maximum atomic E-state index is 10.7. The van der Waals surface area contributed by atoms with Crippen LogP contribution in [0, 0.1) is 0 Å². The molecule has 0 rings (SSSR count). The number of hydrogen-bond acceptors (Lipinski definition) is 5. The molecule has 0 atom stereocenters. The van der Waals surface area contributed by atoms with Crippen LogP contribution in [-0.4, -0.2) is 28.6 Å². The largest absolute Gasteiger partial charge is 0.545 e. The Morgan fingerprint density at radius 3 is 2.07 bits per heavy atom. The fourth-order valence-corrected chi connectivity index (χ4v) is 0.645. The molecule has 0 aliphatic rings. The van der Waals surface area contributed by atoms with Crippen molar-refractivity contribution >= 4 is 23.5 Å². The van der Waals surface area contributed by atoms with Crippen molar-refractivity contribution in [3.63, 3.8) is 0 Å². The summed E-state index contributed by atoms with van der Waals surface area (Å²) >= 11 is 0. The Morgan fingerprint density at radius 1 is 1.07 bits per heavy atom. The van der Waals surface area contributed by atoms with Crippen molar-refractivity contribution in [2.75, 3.05) is 0 Å². The van der Waals surface area contributed by atoms with Crippen molar-refractivity contribution in [3.8, 4) is 0 Å². The van der Waals surface area contributed by atoms with Gasteiger partial charge in [0.05, 0.1) is 12.4 Å². The first-order chi connectivity index (χ1) is 6.41. The van der Waals surface area contributed by atoms with Crippen LogP contribution in [0.4, 0.5) is 0 Å². The summed E-state index contributed by atoms with van der Waals surface area (Å²) in [6.45, 7) is 0. The van der Waals surface area contributed by atoms with Crippen LogP contribution in [0.1, 0.15) is 12.8 Å². The predicted molar refractivity (Wildman–Crippen MR) is 41.0 cm³/mol. The maximum Gasteiger partial charge on any atom is 0.310 e. The van der Waals surface area contributed by atoms with Gasteiger partial charge in [0, 0.05) is 0 Å². The minimum absolute atomic E-state index is 0.483. The van der Waals surface area contributed by atoms with Gasteiger partial charge in [0.25, 0.3) is 0 Å². The maximum absolute atomic E-state index is 10.7. The van der Waals surface area contributed by atoms with E-state index in [1.165, 1.54) is 0 Å². The van der Waals surface area contributed by atoms with E-state index in [9.17, 15) is 24.3 Å². The standard InChI is InChI=1S/C8H8O6/c9-5(1-2-7(11)12)3-6(10)4-8(13)14/h1-2H,3-4H2,(H,11,12)(H,13,14)/p-1/b2-1+. The highest BCUT2D eigenvalue weighted by Crippen LogP contribution is 1.93. The molecule has 0 saturated carbocycles. The SMILES string of the molecule is O=C([O-])/C=C/C(=O)CC(=O)CC(=O)O. The van der Waals surface area contributed by atoms with Crippen molar-refractivity contribution in [1.29, 1.82) is 0 Å². The molecule has 0 saturated heterocycles. The molecule has 0 bridgehead atoms. The molecule has 0 aromatic carbocycles. The molecule has 0 aromatic rings. The highest BCUT2D eigenvalue weighted by atomic mass is 16.4. The van der Waals surface area contributed by atoms with Crippen molar-refractivity contribution in [3.05, 3.63) is 12.2 Å². The first-order valence-electron chi connectivity index (χ1n) is 3.57. The van der Waals surface area contributed by atoms with Gasteiger partial charge in [-0.3, -0.25) is 14.4 Å². The van der Waals surface area contributed by atoms with Gasteiger partial charge in [-0.1, -0.05) is 0 Å². The molecule has 6 heteroatoms. The molecule has 0 unspecified atom stereocenters. The second-order valence-corrected chi connectivity index (χ2v) is 2.40. The first kappa shape index (κ1) is 12.0. The quantitative estimate of drug-likeness (QED) is 0.403. The lowest BCUT2D eigenvalue weighted by molar-refractivity contribution is -0.297. The van der Waals surface area contributed by atoms with E-state index in [4.69, 9.17) is 5.11 Å². The number of carboxylic acid groups (broad SMARTS) is 2. The number of rotatable bonds is 6. The van der Waals surface area contributed by atoms with Gasteiger partial charge >= 0.3 is 5.97 Å². The Bertz CT molecular complexity index is 301. The van der Waals surface area contributed by atoms with E-state index in [0.717, 1.165) is 0 Å². The van der Waals surface area contributed by atoms with Crippen LogP contribution < -0.4 is 5.11 Å². The summed E-state index contributed by atoms with van der Waals surface area (Å²) in [5, 5.41) is 18.0. The summed E-state index contributed by atoms with van der Waals surface area (Å²) in [5.74, 6) is -4.42. The second-order valence-electron chi connectivity index (χ2n) is 2.40. The van der Waals surface area contributed by atoms with Gasteiger partial charge in [0.15, 0.2) is 11.6 Å². The third kappa shape index (κ3) is 6.71. The predicted octanol–water partition coefficient (Wildman–Crippen LogP) is -1.70. The normalized spacial score (nSPS) is 10.0. The molecule has 0 heterocycles. The number of allylic oxidation sites excluding steroid dienone is 1. The average Bonchev–Trinajstić information content (AvgIpc) is 1.98. The molecular formula is C8H7O6-. The van der Waals surface area contributed by atoms with Crippen molar-refractivity contribution in [1.82, 2.24) is 0 Å². The van der Waals surface area contributed by atoms with Crippen LogP contribution in [0.25, 0.3) is 0 Å². The zero-order valence-electron chi connectivity index (χ0n) is 7.06. The van der Waals surface area contributed by atoms with Crippen LogP contribution >= 0.6 is 0 Å². The van der Waals surface area contributed by atoms with E-state index < -0.39 is 36.3 Å². The topological polar surface area (TPSA) is 112 Å². The Labute approximate surface area is 78.8 Å². The van der Waals surface area contributed by atoms with Crippen LogP contribution in [-0.2, 0) is 19.2 Å². The number of carboxylic acids is 2. The number of hydrogen-bond donors (Lipinski definition) is 1. The van der Waals surface area contributed by atoms with Gasteiger partial charge in [0.1, 0.15) is 6.42 Å². The van der Waals surface area contributed by atoms with Crippen LogP contribution in [0.5, 0.6) is 0 Å². The lowest BCUT2D eigenvalue weighted by atomic mass is 10.1. The molecule has 76 valence electrons. The molecule has 14 heavy (non-hydrogen) atoms. The van der Waals surface area contributed by atoms with Gasteiger partial charge in [-0.15, -0.1) is 0 Å². The van der Waals surface area contributed by atoms with Crippen LogP contribution in [0.3, 0.4) is 0 Å². The van der Waals surface area contributed by atoms with E-state index in [-0.39, 0.29) is 0 Å². The summed E-state index contributed by atoms with van der Waals surface area (Å²) < 4.78 is 0. The molecule has 0 aromatic heterocycles. The summed E-state index contributed by atoms with van der Waals surface area (Å²) in [4.78, 5) is 41.3. The van der Waals surface area contributed by atoms with Gasteiger partial charge in [-0.2, -0.15) is 0 Å². The van der Waals surface area contributed by atoms with E-state index in [0.29, 0.717) is 12.2 Å². The molecule has 0 aliphatic heterocycles. The molecule has 0 aliphatic carbocycles. The van der Waals surface area contributed by atoms with Crippen molar-refractivity contribution in [2.24, 2.45) is 0 Å².